The molecule has 0 saturated heterocycles. The number of halogens is 1. The fourth-order valence-corrected chi connectivity index (χ4v) is 3.49. The van der Waals surface area contributed by atoms with Gasteiger partial charge in [0.15, 0.2) is 0 Å². The second-order valence-electron chi connectivity index (χ2n) is 6.64. The Morgan fingerprint density at radius 1 is 1.19 bits per heavy atom. The Bertz CT molecular complexity index is 919. The molecule has 0 bridgehead atoms. The van der Waals surface area contributed by atoms with Crippen molar-refractivity contribution in [1.82, 2.24) is 5.32 Å². The van der Waals surface area contributed by atoms with Gasteiger partial charge in [0.05, 0.1) is 0 Å². The van der Waals surface area contributed by atoms with E-state index < -0.39 is 23.2 Å². The van der Waals surface area contributed by atoms with Gasteiger partial charge in [-0.05, 0) is 54.3 Å². The van der Waals surface area contributed by atoms with Crippen LogP contribution in [0.1, 0.15) is 39.5 Å². The number of benzene rings is 2. The number of carbonyl (C=O) groups excluding carboxylic acids is 1. The normalized spacial score (nSPS) is 18.7. The summed E-state index contributed by atoms with van der Waals surface area (Å²) in [7, 11) is 0. The van der Waals surface area contributed by atoms with Gasteiger partial charge >= 0.3 is 5.97 Å². The van der Waals surface area contributed by atoms with E-state index in [-0.39, 0.29) is 12.8 Å². The zero-order valence-electron chi connectivity index (χ0n) is 14.7. The standard InChI is InChI=1S/C21H20FNO3/c1-3-5-17-13(2)6-4-7-18(17)19(24)23-21(20(25)26)11-14-8-9-16(22)10-15(14)12-21/h3-10H,11-12H2,1-2H3,(H,23,24)(H,25,26). The van der Waals surface area contributed by atoms with Crippen molar-refractivity contribution in [1.29, 1.82) is 0 Å². The maximum absolute atomic E-state index is 13.5. The first-order valence-corrected chi connectivity index (χ1v) is 8.42. The molecule has 26 heavy (non-hydrogen) atoms. The van der Waals surface area contributed by atoms with E-state index in [4.69, 9.17) is 0 Å². The first-order chi connectivity index (χ1) is 12.4. The van der Waals surface area contributed by atoms with Gasteiger partial charge in [-0.25, -0.2) is 9.18 Å². The molecule has 0 saturated carbocycles. The molecule has 0 heterocycles. The molecule has 4 nitrogen and oxygen atoms in total. The van der Waals surface area contributed by atoms with Gasteiger partial charge in [-0.3, -0.25) is 4.79 Å². The maximum atomic E-state index is 13.5. The lowest BCUT2D eigenvalue weighted by Gasteiger charge is -2.26. The quantitative estimate of drug-likeness (QED) is 0.884. The molecule has 1 unspecified atom stereocenters. The number of hydrogen-bond donors (Lipinski definition) is 2. The number of allylic oxidation sites excluding steroid dienone is 1. The van der Waals surface area contributed by atoms with Gasteiger partial charge in [0.2, 0.25) is 0 Å². The van der Waals surface area contributed by atoms with Gasteiger partial charge in [0.25, 0.3) is 5.91 Å². The summed E-state index contributed by atoms with van der Waals surface area (Å²) in [6, 6.07) is 9.57. The summed E-state index contributed by atoms with van der Waals surface area (Å²) in [6.07, 6.45) is 3.86. The second-order valence-corrected chi connectivity index (χ2v) is 6.64. The van der Waals surface area contributed by atoms with E-state index in [0.29, 0.717) is 11.1 Å². The molecule has 0 aliphatic heterocycles. The predicted octanol–water partition coefficient (Wildman–Crippen LogP) is 3.52. The molecule has 1 aliphatic carbocycles. The van der Waals surface area contributed by atoms with Crippen LogP contribution in [0, 0.1) is 12.7 Å². The van der Waals surface area contributed by atoms with E-state index in [9.17, 15) is 19.1 Å². The Morgan fingerprint density at radius 3 is 2.62 bits per heavy atom. The molecule has 0 radical (unpaired) electrons. The maximum Gasteiger partial charge on any atom is 0.330 e. The molecule has 3 rings (SSSR count). The van der Waals surface area contributed by atoms with Crippen molar-refractivity contribution in [2.45, 2.75) is 32.2 Å². The third-order valence-electron chi connectivity index (χ3n) is 4.82. The van der Waals surface area contributed by atoms with E-state index in [1.54, 1.807) is 18.2 Å². The molecule has 0 spiro atoms. The zero-order chi connectivity index (χ0) is 18.9. The highest BCUT2D eigenvalue weighted by molar-refractivity contribution is 6.01. The number of nitrogens with one attached hydrogen (secondary N) is 1. The van der Waals surface area contributed by atoms with Gasteiger partial charge in [0, 0.05) is 18.4 Å². The highest BCUT2D eigenvalue weighted by Crippen LogP contribution is 2.32. The van der Waals surface area contributed by atoms with E-state index in [1.165, 1.54) is 12.1 Å². The molecule has 1 atom stereocenters. The third-order valence-corrected chi connectivity index (χ3v) is 4.82. The molecule has 0 fully saturated rings. The Kier molecular flexibility index (Phi) is 4.64. The molecule has 5 heteroatoms. The van der Waals surface area contributed by atoms with Crippen molar-refractivity contribution < 1.29 is 19.1 Å². The number of amides is 1. The second kappa shape index (κ2) is 6.75. The SMILES string of the molecule is CC=Cc1c(C)cccc1C(=O)NC1(C(=O)O)Cc2ccc(F)cc2C1. The first kappa shape index (κ1) is 17.9. The van der Waals surface area contributed by atoms with Crippen LogP contribution in [0.25, 0.3) is 6.08 Å². The minimum Gasteiger partial charge on any atom is -0.479 e. The average Bonchev–Trinajstić information content (AvgIpc) is 2.95. The summed E-state index contributed by atoms with van der Waals surface area (Å²) in [5, 5.41) is 12.5. The van der Waals surface area contributed by atoms with Gasteiger partial charge < -0.3 is 10.4 Å². The van der Waals surface area contributed by atoms with Crippen LogP contribution in [0.4, 0.5) is 4.39 Å². The number of rotatable bonds is 4. The Morgan fingerprint density at radius 2 is 1.92 bits per heavy atom. The first-order valence-electron chi connectivity index (χ1n) is 8.42. The summed E-state index contributed by atoms with van der Waals surface area (Å²) >= 11 is 0. The van der Waals surface area contributed by atoms with Crippen LogP contribution < -0.4 is 5.32 Å². The van der Waals surface area contributed by atoms with Crippen LogP contribution in [0.5, 0.6) is 0 Å². The van der Waals surface area contributed by atoms with E-state index >= 15 is 0 Å². The number of carboxylic acid groups (broad SMARTS) is 1. The van der Waals surface area contributed by atoms with Crippen LogP contribution in [0.2, 0.25) is 0 Å². The minimum atomic E-state index is -1.47. The fourth-order valence-electron chi connectivity index (χ4n) is 3.49. The topological polar surface area (TPSA) is 66.4 Å². The zero-order valence-corrected chi connectivity index (χ0v) is 14.7. The lowest BCUT2D eigenvalue weighted by molar-refractivity contribution is -0.144. The van der Waals surface area contributed by atoms with E-state index in [0.717, 1.165) is 16.7 Å². The summed E-state index contributed by atoms with van der Waals surface area (Å²) in [5.41, 5.74) is 2.00. The number of aliphatic carboxylic acids is 1. The molecule has 2 N–H and O–H groups in total. The fraction of sp³-hybridized carbons (Fsp3) is 0.238. The number of fused-ring (bicyclic) bond motifs is 1. The smallest absolute Gasteiger partial charge is 0.330 e. The summed E-state index contributed by atoms with van der Waals surface area (Å²) < 4.78 is 13.5. The largest absolute Gasteiger partial charge is 0.479 e. The Balaban J connectivity index is 1.95. The van der Waals surface area contributed by atoms with E-state index in [2.05, 4.69) is 5.32 Å². The van der Waals surface area contributed by atoms with Crippen LogP contribution in [0.15, 0.2) is 42.5 Å². The molecule has 1 amide bonds. The number of carboxylic acids is 1. The summed E-state index contributed by atoms with van der Waals surface area (Å²) in [5.74, 6) is -1.98. The number of aryl methyl sites for hydroxylation is 1. The third kappa shape index (κ3) is 3.12. The van der Waals surface area contributed by atoms with Crippen molar-refractivity contribution in [2.24, 2.45) is 0 Å². The Labute approximate surface area is 151 Å². The molecule has 134 valence electrons. The van der Waals surface area contributed by atoms with Crippen molar-refractivity contribution in [2.75, 3.05) is 0 Å². The molecule has 1 aliphatic rings. The molecule has 2 aromatic carbocycles. The molecular weight excluding hydrogens is 333 g/mol. The monoisotopic (exact) mass is 353 g/mol. The van der Waals surface area contributed by atoms with Gasteiger partial charge in [-0.1, -0.05) is 30.4 Å². The average molecular weight is 353 g/mol. The van der Waals surface area contributed by atoms with Crippen molar-refractivity contribution >= 4 is 18.0 Å². The lowest BCUT2D eigenvalue weighted by atomic mass is 9.94. The minimum absolute atomic E-state index is 0.0614. The van der Waals surface area contributed by atoms with Crippen molar-refractivity contribution in [3.63, 3.8) is 0 Å². The molecule has 0 aromatic heterocycles. The van der Waals surface area contributed by atoms with Crippen LogP contribution in [-0.4, -0.2) is 22.5 Å². The van der Waals surface area contributed by atoms with Gasteiger partial charge in [-0.15, -0.1) is 0 Å². The van der Waals surface area contributed by atoms with Gasteiger partial charge in [0.1, 0.15) is 11.4 Å². The Hall–Kier alpha value is -2.95. The van der Waals surface area contributed by atoms with Crippen LogP contribution in [-0.2, 0) is 17.6 Å². The van der Waals surface area contributed by atoms with Crippen molar-refractivity contribution in [3.8, 4) is 0 Å². The summed E-state index contributed by atoms with van der Waals surface area (Å²) in [6.45, 7) is 3.75. The van der Waals surface area contributed by atoms with Crippen LogP contribution >= 0.6 is 0 Å². The lowest BCUT2D eigenvalue weighted by Crippen LogP contribution is -2.55. The summed E-state index contributed by atoms with van der Waals surface area (Å²) in [4.78, 5) is 24.9. The number of hydrogen-bond acceptors (Lipinski definition) is 2. The highest BCUT2D eigenvalue weighted by atomic mass is 19.1. The van der Waals surface area contributed by atoms with Gasteiger partial charge in [-0.2, -0.15) is 0 Å². The van der Waals surface area contributed by atoms with E-state index in [1.807, 2.05) is 32.1 Å². The van der Waals surface area contributed by atoms with Crippen molar-refractivity contribution in [3.05, 3.63) is 76.1 Å². The molecular formula is C21H20FNO3. The molecule has 2 aromatic rings. The number of carbonyl (C=O) groups is 2. The van der Waals surface area contributed by atoms with Crippen LogP contribution in [0.3, 0.4) is 0 Å². The highest BCUT2D eigenvalue weighted by Gasteiger charge is 2.45. The predicted molar refractivity (Wildman–Crippen MR) is 97.5 cm³/mol.